The van der Waals surface area contributed by atoms with Crippen molar-refractivity contribution in [1.82, 2.24) is 14.6 Å². The third-order valence-corrected chi connectivity index (χ3v) is 6.40. The number of sulfonamides is 1. The number of hydrogen-bond acceptors (Lipinski definition) is 4. The number of nitrogens with one attached hydrogen (secondary N) is 1. The van der Waals surface area contributed by atoms with Gasteiger partial charge in [-0.1, -0.05) is 25.3 Å². The van der Waals surface area contributed by atoms with Gasteiger partial charge in [0.1, 0.15) is 0 Å². The van der Waals surface area contributed by atoms with Crippen molar-refractivity contribution in [2.24, 2.45) is 0 Å². The molecule has 1 aliphatic heterocycles. The number of carbonyl (C=O) groups excluding carboxylic acids is 1. The number of aromatic nitrogens is 1. The summed E-state index contributed by atoms with van der Waals surface area (Å²) in [5.74, 6) is 0.120. The Bertz CT molecular complexity index is 669. The molecular weight excluding hydrogens is 350 g/mol. The molecule has 7 heteroatoms. The summed E-state index contributed by atoms with van der Waals surface area (Å²) in [6.07, 6.45) is 13.0. The molecule has 1 fully saturated rings. The summed E-state index contributed by atoms with van der Waals surface area (Å²) < 4.78 is 26.1. The smallest absolute Gasteiger partial charge is 0.243 e. The van der Waals surface area contributed by atoms with E-state index in [2.05, 4.69) is 10.3 Å². The molecule has 2 rings (SSSR count). The number of carbonyl (C=O) groups is 1. The number of pyridine rings is 1. The van der Waals surface area contributed by atoms with Crippen LogP contribution < -0.4 is 5.32 Å². The molecule has 0 aliphatic carbocycles. The molecule has 2 heterocycles. The number of hydrogen-bond donors (Lipinski definition) is 1. The van der Waals surface area contributed by atoms with Crippen LogP contribution in [0.25, 0.3) is 6.08 Å². The Kier molecular flexibility index (Phi) is 8.77. The summed E-state index contributed by atoms with van der Waals surface area (Å²) >= 11 is 0. The molecule has 0 atom stereocenters. The zero-order valence-corrected chi connectivity index (χ0v) is 16.1. The second kappa shape index (κ2) is 11.1. The van der Waals surface area contributed by atoms with Crippen molar-refractivity contribution in [3.8, 4) is 0 Å². The number of rotatable bonds is 10. The van der Waals surface area contributed by atoms with Crippen molar-refractivity contribution in [3.05, 3.63) is 36.2 Å². The van der Waals surface area contributed by atoms with Crippen LogP contribution in [-0.4, -0.2) is 49.0 Å². The van der Waals surface area contributed by atoms with E-state index in [9.17, 15) is 13.2 Å². The van der Waals surface area contributed by atoms with Crippen LogP contribution >= 0.6 is 0 Å². The van der Waals surface area contributed by atoms with Crippen molar-refractivity contribution in [2.75, 3.05) is 25.4 Å². The fraction of sp³-hybridized carbons (Fsp3) is 0.579. The number of amides is 1. The normalized spacial score (nSPS) is 16.0. The molecule has 0 saturated carbocycles. The van der Waals surface area contributed by atoms with E-state index in [1.165, 1.54) is 6.08 Å². The highest BCUT2D eigenvalue weighted by Crippen LogP contribution is 2.15. The molecule has 0 spiro atoms. The van der Waals surface area contributed by atoms with E-state index >= 15 is 0 Å². The average Bonchev–Trinajstić information content (AvgIpc) is 2.67. The van der Waals surface area contributed by atoms with Crippen LogP contribution in [0.2, 0.25) is 0 Å². The molecule has 0 bridgehead atoms. The molecule has 0 unspecified atom stereocenters. The van der Waals surface area contributed by atoms with Crippen LogP contribution in [0.5, 0.6) is 0 Å². The minimum atomic E-state index is -3.07. The van der Waals surface area contributed by atoms with Gasteiger partial charge in [-0.3, -0.25) is 9.78 Å². The topological polar surface area (TPSA) is 79.4 Å². The van der Waals surface area contributed by atoms with Crippen molar-refractivity contribution in [2.45, 2.75) is 44.9 Å². The van der Waals surface area contributed by atoms with Crippen LogP contribution in [0.15, 0.2) is 30.6 Å². The van der Waals surface area contributed by atoms with Crippen LogP contribution in [0, 0.1) is 0 Å². The monoisotopic (exact) mass is 379 g/mol. The Balaban J connectivity index is 1.52. The van der Waals surface area contributed by atoms with Crippen LogP contribution in [0.3, 0.4) is 0 Å². The minimum absolute atomic E-state index is 0.124. The molecular formula is C19H29N3O3S. The summed E-state index contributed by atoms with van der Waals surface area (Å²) in [6.45, 7) is 1.97. The second-order valence-corrected chi connectivity index (χ2v) is 8.69. The van der Waals surface area contributed by atoms with Crippen LogP contribution in [-0.2, 0) is 14.8 Å². The lowest BCUT2D eigenvalue weighted by atomic mass is 10.2. The highest BCUT2D eigenvalue weighted by atomic mass is 32.2. The number of piperidine rings is 1. The number of nitrogens with zero attached hydrogens (tertiary/aromatic N) is 2. The molecule has 6 nitrogen and oxygen atoms in total. The maximum atomic E-state index is 12.2. The molecule has 0 radical (unpaired) electrons. The Labute approximate surface area is 156 Å². The minimum Gasteiger partial charge on any atom is -0.353 e. The third-order valence-electron chi connectivity index (χ3n) is 4.45. The first-order valence-electron chi connectivity index (χ1n) is 9.42. The molecule has 1 N–H and O–H groups in total. The van der Waals surface area contributed by atoms with E-state index in [0.717, 1.165) is 44.1 Å². The lowest BCUT2D eigenvalue weighted by Gasteiger charge is -2.25. The predicted molar refractivity (Wildman–Crippen MR) is 104 cm³/mol. The van der Waals surface area contributed by atoms with E-state index in [-0.39, 0.29) is 11.7 Å². The maximum absolute atomic E-state index is 12.2. The molecule has 1 amide bonds. The van der Waals surface area contributed by atoms with E-state index < -0.39 is 10.0 Å². The molecule has 1 saturated heterocycles. The highest BCUT2D eigenvalue weighted by molar-refractivity contribution is 7.89. The van der Waals surface area contributed by atoms with E-state index in [0.29, 0.717) is 26.1 Å². The summed E-state index contributed by atoms with van der Waals surface area (Å²) in [7, 11) is -3.07. The summed E-state index contributed by atoms with van der Waals surface area (Å²) in [4.78, 5) is 15.7. The van der Waals surface area contributed by atoms with Crippen molar-refractivity contribution >= 4 is 22.0 Å². The summed E-state index contributed by atoms with van der Waals surface area (Å²) in [5, 5.41) is 2.84. The molecule has 1 aromatic rings. The van der Waals surface area contributed by atoms with Gasteiger partial charge in [0.25, 0.3) is 0 Å². The summed E-state index contributed by atoms with van der Waals surface area (Å²) in [5.41, 5.74) is 0.887. The van der Waals surface area contributed by atoms with Gasteiger partial charge in [-0.2, -0.15) is 0 Å². The van der Waals surface area contributed by atoms with Crippen molar-refractivity contribution < 1.29 is 13.2 Å². The van der Waals surface area contributed by atoms with Crippen LogP contribution in [0.4, 0.5) is 0 Å². The van der Waals surface area contributed by atoms with E-state index in [1.54, 1.807) is 22.8 Å². The first kappa shape index (κ1) is 20.6. The van der Waals surface area contributed by atoms with Crippen molar-refractivity contribution in [1.29, 1.82) is 0 Å². The van der Waals surface area contributed by atoms with Crippen molar-refractivity contribution in [3.63, 3.8) is 0 Å². The first-order valence-corrected chi connectivity index (χ1v) is 11.0. The molecule has 0 aromatic carbocycles. The Morgan fingerprint density at radius 3 is 2.65 bits per heavy atom. The predicted octanol–water partition coefficient (Wildman–Crippen LogP) is 2.59. The quantitative estimate of drug-likeness (QED) is 0.501. The Morgan fingerprint density at radius 1 is 1.15 bits per heavy atom. The zero-order chi connectivity index (χ0) is 18.7. The van der Waals surface area contributed by atoms with Gasteiger partial charge in [0, 0.05) is 38.1 Å². The second-order valence-electron chi connectivity index (χ2n) is 6.60. The van der Waals surface area contributed by atoms with Gasteiger partial charge in [-0.15, -0.1) is 0 Å². The zero-order valence-electron chi connectivity index (χ0n) is 15.3. The molecule has 1 aliphatic rings. The van der Waals surface area contributed by atoms with E-state index in [4.69, 9.17) is 0 Å². The Morgan fingerprint density at radius 2 is 1.92 bits per heavy atom. The highest BCUT2D eigenvalue weighted by Gasteiger charge is 2.22. The van der Waals surface area contributed by atoms with Crippen LogP contribution in [0.1, 0.15) is 50.5 Å². The van der Waals surface area contributed by atoms with Gasteiger partial charge < -0.3 is 5.32 Å². The maximum Gasteiger partial charge on any atom is 0.243 e. The molecule has 144 valence electrons. The standard InChI is InChI=1S/C19H29N3O3S/c23-19(11-10-18-9-8-12-20-17-18)21-13-4-1-2-7-16-26(24,25)22-14-5-3-6-15-22/h8-12,17H,1-7,13-16H2,(H,21,23). The van der Waals surface area contributed by atoms with Gasteiger partial charge in [0.05, 0.1) is 5.75 Å². The van der Waals surface area contributed by atoms with E-state index in [1.807, 2.05) is 12.1 Å². The van der Waals surface area contributed by atoms with Gasteiger partial charge in [-0.05, 0) is 43.4 Å². The largest absolute Gasteiger partial charge is 0.353 e. The van der Waals surface area contributed by atoms with Gasteiger partial charge in [0.2, 0.25) is 15.9 Å². The van der Waals surface area contributed by atoms with Gasteiger partial charge in [0.15, 0.2) is 0 Å². The average molecular weight is 380 g/mol. The lowest BCUT2D eigenvalue weighted by Crippen LogP contribution is -2.37. The molecule has 1 aromatic heterocycles. The SMILES string of the molecule is O=C(C=Cc1cccnc1)NCCCCCCS(=O)(=O)N1CCCCC1. The fourth-order valence-corrected chi connectivity index (χ4v) is 4.59. The Hall–Kier alpha value is -1.73. The fourth-order valence-electron chi connectivity index (χ4n) is 2.95. The third kappa shape index (κ3) is 7.66. The summed E-state index contributed by atoms with van der Waals surface area (Å²) in [6, 6.07) is 3.71. The lowest BCUT2D eigenvalue weighted by molar-refractivity contribution is -0.116. The van der Waals surface area contributed by atoms with Gasteiger partial charge in [-0.25, -0.2) is 12.7 Å². The van der Waals surface area contributed by atoms with Gasteiger partial charge >= 0.3 is 0 Å². The first-order chi connectivity index (χ1) is 12.6. The number of unbranched alkanes of at least 4 members (excludes halogenated alkanes) is 3. The molecule has 26 heavy (non-hydrogen) atoms.